The van der Waals surface area contributed by atoms with Gasteiger partial charge in [-0.2, -0.15) is 0 Å². The SMILES string of the molecule is C=C(O)CC1CCN(C)CC1.CCC=O.CCc1c(F)cccc1C1CCc2cccn2-c2ccc(Cl)cc21. The van der Waals surface area contributed by atoms with Crippen LogP contribution < -0.4 is 0 Å². The molecule has 1 fully saturated rings. The van der Waals surface area contributed by atoms with E-state index in [4.69, 9.17) is 16.7 Å². The van der Waals surface area contributed by atoms with Crippen molar-refractivity contribution in [2.45, 2.75) is 64.7 Å². The van der Waals surface area contributed by atoms with Gasteiger partial charge in [-0.05, 0) is 111 Å². The van der Waals surface area contributed by atoms with Crippen LogP contribution in [0.3, 0.4) is 0 Å². The Labute approximate surface area is 238 Å². The Morgan fingerprint density at radius 2 is 1.82 bits per heavy atom. The minimum absolute atomic E-state index is 0.109. The molecule has 3 heterocycles. The number of fused-ring (bicyclic) bond motifs is 3. The van der Waals surface area contributed by atoms with E-state index in [0.29, 0.717) is 24.5 Å². The Hall–Kier alpha value is -2.89. The van der Waals surface area contributed by atoms with E-state index in [1.807, 2.05) is 32.0 Å². The number of carbonyl (C=O) groups is 1. The van der Waals surface area contributed by atoms with Crippen LogP contribution in [-0.4, -0.2) is 41.0 Å². The fourth-order valence-electron chi connectivity index (χ4n) is 5.52. The molecule has 1 atom stereocenters. The summed E-state index contributed by atoms with van der Waals surface area (Å²) in [6.45, 7) is 9.67. The normalized spacial score (nSPS) is 16.9. The number of aldehydes is 1. The number of rotatable bonds is 5. The van der Waals surface area contributed by atoms with Gasteiger partial charge in [0.2, 0.25) is 0 Å². The largest absolute Gasteiger partial charge is 0.513 e. The van der Waals surface area contributed by atoms with E-state index in [9.17, 15) is 9.18 Å². The molecule has 2 aromatic carbocycles. The van der Waals surface area contributed by atoms with Crippen LogP contribution in [0.25, 0.3) is 5.69 Å². The molecular formula is C33H42ClFN2O2. The van der Waals surface area contributed by atoms with Crippen molar-refractivity contribution in [2.75, 3.05) is 20.1 Å². The summed E-state index contributed by atoms with van der Waals surface area (Å²) in [7, 11) is 2.14. The van der Waals surface area contributed by atoms with Crippen molar-refractivity contribution in [3.8, 4) is 5.69 Å². The van der Waals surface area contributed by atoms with E-state index in [0.717, 1.165) is 60.5 Å². The zero-order valence-electron chi connectivity index (χ0n) is 23.5. The van der Waals surface area contributed by atoms with Gasteiger partial charge in [0.15, 0.2) is 0 Å². The van der Waals surface area contributed by atoms with Gasteiger partial charge in [0.05, 0.1) is 5.76 Å². The lowest BCUT2D eigenvalue weighted by molar-refractivity contribution is -0.107. The topological polar surface area (TPSA) is 45.5 Å². The molecule has 0 bridgehead atoms. The first-order valence-electron chi connectivity index (χ1n) is 14.0. The maximum Gasteiger partial charge on any atom is 0.126 e. The second-order valence-electron chi connectivity index (χ2n) is 10.4. The summed E-state index contributed by atoms with van der Waals surface area (Å²) in [6.07, 6.45) is 9.43. The monoisotopic (exact) mass is 552 g/mol. The lowest BCUT2D eigenvalue weighted by Crippen LogP contribution is -2.30. The van der Waals surface area contributed by atoms with E-state index >= 15 is 0 Å². The molecule has 5 rings (SSSR count). The van der Waals surface area contributed by atoms with Crippen LogP contribution >= 0.6 is 11.6 Å². The predicted octanol–water partition coefficient (Wildman–Crippen LogP) is 8.30. The molecule has 2 aliphatic rings. The fourth-order valence-corrected chi connectivity index (χ4v) is 5.70. The van der Waals surface area contributed by atoms with Crippen LogP contribution in [0.15, 0.2) is 67.1 Å². The van der Waals surface area contributed by atoms with Gasteiger partial charge in [-0.15, -0.1) is 0 Å². The highest BCUT2D eigenvalue weighted by atomic mass is 35.5. The summed E-state index contributed by atoms with van der Waals surface area (Å²) < 4.78 is 16.6. The van der Waals surface area contributed by atoms with Gasteiger partial charge in [-0.1, -0.05) is 44.2 Å². The van der Waals surface area contributed by atoms with E-state index in [-0.39, 0.29) is 11.7 Å². The average Bonchev–Trinajstić information content (AvgIpc) is 3.33. The van der Waals surface area contributed by atoms with Crippen molar-refractivity contribution in [2.24, 2.45) is 5.92 Å². The third-order valence-electron chi connectivity index (χ3n) is 7.56. The van der Waals surface area contributed by atoms with Crippen LogP contribution in [0.1, 0.15) is 74.3 Å². The molecule has 0 radical (unpaired) electrons. The summed E-state index contributed by atoms with van der Waals surface area (Å²) in [5.74, 6) is 1.06. The van der Waals surface area contributed by atoms with Gasteiger partial charge < -0.3 is 19.4 Å². The van der Waals surface area contributed by atoms with E-state index < -0.39 is 0 Å². The molecule has 4 nitrogen and oxygen atoms in total. The Bertz CT molecular complexity index is 1230. The molecule has 1 saturated heterocycles. The number of nitrogens with zero attached hydrogens (tertiary/aromatic N) is 2. The van der Waals surface area contributed by atoms with Crippen molar-refractivity contribution in [1.29, 1.82) is 0 Å². The Balaban J connectivity index is 0.000000234. The molecule has 1 unspecified atom stereocenters. The van der Waals surface area contributed by atoms with Gasteiger partial charge in [0.25, 0.3) is 0 Å². The second-order valence-corrected chi connectivity index (χ2v) is 10.9. The summed E-state index contributed by atoms with van der Waals surface area (Å²) in [6, 6.07) is 15.7. The van der Waals surface area contributed by atoms with Crippen LogP contribution in [0.2, 0.25) is 5.02 Å². The summed E-state index contributed by atoms with van der Waals surface area (Å²) in [4.78, 5) is 11.5. The average molecular weight is 553 g/mol. The van der Waals surface area contributed by atoms with E-state index in [1.165, 1.54) is 24.1 Å². The molecule has 0 aliphatic carbocycles. The van der Waals surface area contributed by atoms with Crippen molar-refractivity contribution < 1.29 is 14.3 Å². The standard InChI is InChI=1S/C21H19ClFN.C9H17NO.C3H6O/c1-2-16-17(6-3-7-20(16)23)18-10-9-15-5-4-12-24(15)21-11-8-14(22)13-19(18)21;1-8(11)7-9-3-5-10(2)6-4-9;1-2-3-4/h3-8,11-13,18H,2,9-10H2,1H3;9,11H,1,3-7H2,2H3;3H,2H2,1H3. The molecule has 3 aromatic rings. The number of piperidine rings is 1. The Morgan fingerprint density at radius 1 is 1.10 bits per heavy atom. The Kier molecular flexibility index (Phi) is 11.8. The number of likely N-dealkylation sites (tertiary alicyclic amines) is 1. The zero-order chi connectivity index (χ0) is 28.4. The minimum Gasteiger partial charge on any atom is -0.513 e. The van der Waals surface area contributed by atoms with E-state index in [2.05, 4.69) is 53.6 Å². The number of hydrogen-bond donors (Lipinski definition) is 1. The third kappa shape index (κ3) is 8.30. The molecule has 1 aromatic heterocycles. The van der Waals surface area contributed by atoms with Gasteiger partial charge in [0, 0.05) is 41.4 Å². The van der Waals surface area contributed by atoms with Crippen LogP contribution in [0.5, 0.6) is 0 Å². The lowest BCUT2D eigenvalue weighted by Gasteiger charge is -2.28. The summed E-state index contributed by atoms with van der Waals surface area (Å²) in [5.41, 5.74) is 5.52. The van der Waals surface area contributed by atoms with Crippen molar-refractivity contribution in [3.05, 3.63) is 100 Å². The molecule has 6 heteroatoms. The van der Waals surface area contributed by atoms with Gasteiger partial charge in [0.1, 0.15) is 12.1 Å². The fraction of sp³-hybridized carbons (Fsp3) is 0.424. The molecule has 0 saturated carbocycles. The van der Waals surface area contributed by atoms with Crippen LogP contribution in [-0.2, 0) is 17.6 Å². The number of allylic oxidation sites excluding steroid dienone is 1. The first kappa shape index (κ1) is 30.6. The number of aromatic nitrogens is 1. The summed E-state index contributed by atoms with van der Waals surface area (Å²) in [5, 5.41) is 9.69. The highest BCUT2D eigenvalue weighted by molar-refractivity contribution is 6.30. The number of aliphatic hydroxyl groups is 1. The zero-order valence-corrected chi connectivity index (χ0v) is 24.3. The molecular weight excluding hydrogens is 511 g/mol. The molecule has 2 aliphatic heterocycles. The third-order valence-corrected chi connectivity index (χ3v) is 7.80. The second kappa shape index (κ2) is 15.0. The lowest BCUT2D eigenvalue weighted by atomic mass is 9.83. The Morgan fingerprint density at radius 3 is 2.46 bits per heavy atom. The number of aliphatic hydroxyl groups excluding tert-OH is 1. The highest BCUT2D eigenvalue weighted by Gasteiger charge is 2.26. The number of halogens is 2. The van der Waals surface area contributed by atoms with Crippen LogP contribution in [0, 0.1) is 11.7 Å². The highest BCUT2D eigenvalue weighted by Crippen LogP contribution is 2.40. The van der Waals surface area contributed by atoms with Gasteiger partial charge >= 0.3 is 0 Å². The first-order valence-corrected chi connectivity index (χ1v) is 14.4. The molecule has 210 valence electrons. The van der Waals surface area contributed by atoms with Crippen molar-refractivity contribution >= 4 is 17.9 Å². The number of hydrogen-bond acceptors (Lipinski definition) is 3. The molecule has 0 amide bonds. The van der Waals surface area contributed by atoms with Crippen molar-refractivity contribution in [3.63, 3.8) is 0 Å². The summed E-state index contributed by atoms with van der Waals surface area (Å²) >= 11 is 6.31. The maximum absolute atomic E-state index is 14.3. The number of aryl methyl sites for hydroxylation is 1. The quantitative estimate of drug-likeness (QED) is 0.256. The minimum atomic E-state index is -0.109. The van der Waals surface area contributed by atoms with E-state index in [1.54, 1.807) is 6.07 Å². The first-order chi connectivity index (χ1) is 18.8. The van der Waals surface area contributed by atoms with Crippen LogP contribution in [0.4, 0.5) is 4.39 Å². The van der Waals surface area contributed by atoms with Gasteiger partial charge in [-0.25, -0.2) is 4.39 Å². The molecule has 1 N–H and O–H groups in total. The maximum atomic E-state index is 14.3. The van der Waals surface area contributed by atoms with Crippen molar-refractivity contribution in [1.82, 2.24) is 9.47 Å². The smallest absolute Gasteiger partial charge is 0.126 e. The molecule has 0 spiro atoms. The number of benzene rings is 2. The molecule has 39 heavy (non-hydrogen) atoms. The number of carbonyl (C=O) groups excluding carboxylic acids is 1. The van der Waals surface area contributed by atoms with Gasteiger partial charge in [-0.3, -0.25) is 0 Å². The predicted molar refractivity (Wildman–Crippen MR) is 160 cm³/mol.